The number of nitrogens with zero attached hydrogens (tertiary/aromatic N) is 1. The Morgan fingerprint density at radius 1 is 1.31 bits per heavy atom. The molecule has 0 bridgehead atoms. The van der Waals surface area contributed by atoms with Crippen molar-refractivity contribution in [1.82, 2.24) is 0 Å². The molecule has 0 aliphatic heterocycles. The zero-order chi connectivity index (χ0) is 12.5. The highest BCUT2D eigenvalue weighted by Crippen LogP contribution is 2.30. The van der Waals surface area contributed by atoms with E-state index in [1.807, 2.05) is 0 Å². The van der Waals surface area contributed by atoms with Gasteiger partial charge < -0.3 is 10.3 Å². The third kappa shape index (κ3) is 3.03. The fourth-order valence-corrected chi connectivity index (χ4v) is 1.51. The molecule has 0 aliphatic carbocycles. The van der Waals surface area contributed by atoms with Gasteiger partial charge in [0.2, 0.25) is 0 Å². The minimum atomic E-state index is -0.582. The van der Waals surface area contributed by atoms with Crippen LogP contribution in [0.15, 0.2) is 12.1 Å². The van der Waals surface area contributed by atoms with Gasteiger partial charge in [0, 0.05) is 25.8 Å². The number of hydrogen-bond acceptors (Lipinski definition) is 2. The van der Waals surface area contributed by atoms with E-state index in [1.165, 1.54) is 18.3 Å². The summed E-state index contributed by atoms with van der Waals surface area (Å²) in [5, 5.41) is 21.8. The second kappa shape index (κ2) is 4.52. The molecular formula is C11H13Cl2NO2. The van der Waals surface area contributed by atoms with E-state index in [4.69, 9.17) is 23.2 Å². The van der Waals surface area contributed by atoms with Crippen molar-refractivity contribution < 1.29 is 9.85 Å². The van der Waals surface area contributed by atoms with Gasteiger partial charge in [0.05, 0.1) is 10.6 Å². The van der Waals surface area contributed by atoms with Crippen molar-refractivity contribution >= 4 is 29.4 Å². The average molecular weight is 262 g/mol. The molecule has 88 valence electrons. The Balaban J connectivity index is 3.25. The van der Waals surface area contributed by atoms with Crippen molar-refractivity contribution in [3.05, 3.63) is 32.9 Å². The topological polar surface area (TPSA) is 46.3 Å². The molecule has 0 atom stereocenters. The second-order valence-electron chi connectivity index (χ2n) is 4.45. The maximum atomic E-state index is 11.7. The summed E-state index contributed by atoms with van der Waals surface area (Å²) in [5.41, 5.74) is -0.274. The van der Waals surface area contributed by atoms with Crippen LogP contribution < -0.4 is 0 Å². The highest BCUT2D eigenvalue weighted by molar-refractivity contribution is 6.36. The lowest BCUT2D eigenvalue weighted by Crippen LogP contribution is -2.29. The van der Waals surface area contributed by atoms with Gasteiger partial charge in [-0.2, -0.15) is 0 Å². The van der Waals surface area contributed by atoms with Crippen molar-refractivity contribution in [2.75, 3.05) is 0 Å². The van der Waals surface area contributed by atoms with Crippen molar-refractivity contribution in [2.24, 2.45) is 0 Å². The van der Waals surface area contributed by atoms with Gasteiger partial charge in [0.15, 0.2) is 11.8 Å². The average Bonchev–Trinajstić information content (AvgIpc) is 2.11. The molecule has 0 aliphatic rings. The number of rotatable bonds is 1. The summed E-state index contributed by atoms with van der Waals surface area (Å²) in [4.78, 5) is 0. The van der Waals surface area contributed by atoms with E-state index >= 15 is 0 Å². The Bertz CT molecular complexity index is 436. The third-order valence-electron chi connectivity index (χ3n) is 1.98. The number of phenols is 1. The van der Waals surface area contributed by atoms with Crippen LogP contribution in [0.3, 0.4) is 0 Å². The SMILES string of the molecule is CC(C)(C)[N+]([O-])=Cc1cc(Cl)cc(Cl)c1O. The Kier molecular flexibility index (Phi) is 3.71. The van der Waals surface area contributed by atoms with Gasteiger partial charge in [-0.15, -0.1) is 0 Å². The van der Waals surface area contributed by atoms with Crippen LogP contribution in [-0.4, -0.2) is 21.6 Å². The van der Waals surface area contributed by atoms with Crippen molar-refractivity contribution in [1.29, 1.82) is 0 Å². The quantitative estimate of drug-likeness (QED) is 0.365. The number of halogens is 2. The standard InChI is InChI=1S/C11H13Cl2NO2/c1-11(2,3)14(16)6-7-4-8(12)5-9(13)10(7)15/h4-6,15H,1-3H3. The minimum Gasteiger partial charge on any atom is -0.623 e. The molecule has 1 aromatic rings. The lowest BCUT2D eigenvalue weighted by atomic mass is 10.1. The van der Waals surface area contributed by atoms with Crippen LogP contribution >= 0.6 is 23.2 Å². The van der Waals surface area contributed by atoms with E-state index in [0.717, 1.165) is 4.74 Å². The molecule has 0 saturated carbocycles. The van der Waals surface area contributed by atoms with Crippen molar-refractivity contribution in [3.8, 4) is 5.75 Å². The van der Waals surface area contributed by atoms with Gasteiger partial charge in [-0.25, -0.2) is 4.74 Å². The summed E-state index contributed by atoms with van der Waals surface area (Å²) in [6, 6.07) is 2.90. The van der Waals surface area contributed by atoms with E-state index < -0.39 is 5.54 Å². The van der Waals surface area contributed by atoms with E-state index in [2.05, 4.69) is 0 Å². The van der Waals surface area contributed by atoms with Crippen molar-refractivity contribution in [2.45, 2.75) is 26.3 Å². The minimum absolute atomic E-state index is 0.126. The summed E-state index contributed by atoms with van der Waals surface area (Å²) < 4.78 is 0.745. The Labute approximate surface area is 105 Å². The lowest BCUT2D eigenvalue weighted by molar-refractivity contribution is -0.530. The first kappa shape index (κ1) is 13.1. The van der Waals surface area contributed by atoms with Crippen LogP contribution in [0.2, 0.25) is 10.0 Å². The molecule has 16 heavy (non-hydrogen) atoms. The Hall–Kier alpha value is -0.930. The molecule has 0 heterocycles. The smallest absolute Gasteiger partial charge is 0.186 e. The first-order valence-electron chi connectivity index (χ1n) is 4.71. The van der Waals surface area contributed by atoms with Gasteiger partial charge in [-0.3, -0.25) is 0 Å². The van der Waals surface area contributed by atoms with Crippen LogP contribution in [0.25, 0.3) is 0 Å². The van der Waals surface area contributed by atoms with Crippen LogP contribution in [0.1, 0.15) is 26.3 Å². The predicted octanol–water partition coefficient (Wildman–Crippen LogP) is 3.43. The third-order valence-corrected chi connectivity index (χ3v) is 2.48. The molecule has 1 aromatic carbocycles. The molecule has 1 N–H and O–H groups in total. The van der Waals surface area contributed by atoms with E-state index in [0.29, 0.717) is 10.6 Å². The molecule has 3 nitrogen and oxygen atoms in total. The molecule has 1 rings (SSSR count). The highest BCUT2D eigenvalue weighted by atomic mass is 35.5. The first-order valence-corrected chi connectivity index (χ1v) is 5.47. The number of aromatic hydroxyl groups is 1. The van der Waals surface area contributed by atoms with E-state index in [1.54, 1.807) is 20.8 Å². The summed E-state index contributed by atoms with van der Waals surface area (Å²) in [6.07, 6.45) is 1.27. The fraction of sp³-hybridized carbons (Fsp3) is 0.364. The molecule has 0 amide bonds. The molecule has 0 fully saturated rings. The van der Waals surface area contributed by atoms with Crippen molar-refractivity contribution in [3.63, 3.8) is 0 Å². The number of hydroxylamine groups is 1. The monoisotopic (exact) mass is 261 g/mol. The van der Waals surface area contributed by atoms with Gasteiger partial charge in [-0.05, 0) is 12.1 Å². The number of hydrogen-bond donors (Lipinski definition) is 1. The fourth-order valence-electron chi connectivity index (χ4n) is 1.00. The zero-order valence-electron chi connectivity index (χ0n) is 9.29. The highest BCUT2D eigenvalue weighted by Gasteiger charge is 2.19. The summed E-state index contributed by atoms with van der Waals surface area (Å²) in [7, 11) is 0. The maximum Gasteiger partial charge on any atom is 0.186 e. The van der Waals surface area contributed by atoms with Crippen LogP contribution in [-0.2, 0) is 0 Å². The number of phenolic OH excluding ortho intramolecular Hbond substituents is 1. The largest absolute Gasteiger partial charge is 0.623 e. The van der Waals surface area contributed by atoms with Gasteiger partial charge >= 0.3 is 0 Å². The molecule has 0 aromatic heterocycles. The Morgan fingerprint density at radius 2 is 1.88 bits per heavy atom. The second-order valence-corrected chi connectivity index (χ2v) is 5.29. The zero-order valence-corrected chi connectivity index (χ0v) is 10.8. The molecule has 0 saturated heterocycles. The number of benzene rings is 1. The molecule has 0 spiro atoms. The summed E-state index contributed by atoms with van der Waals surface area (Å²) in [5.74, 6) is -0.142. The molecule has 0 radical (unpaired) electrons. The molecule has 5 heteroatoms. The van der Waals surface area contributed by atoms with Gasteiger partial charge in [0.1, 0.15) is 5.75 Å². The van der Waals surface area contributed by atoms with E-state index in [-0.39, 0.29) is 10.8 Å². The molecular weight excluding hydrogens is 249 g/mol. The predicted molar refractivity (Wildman–Crippen MR) is 66.7 cm³/mol. The van der Waals surface area contributed by atoms with Crippen LogP contribution in [0.5, 0.6) is 5.75 Å². The van der Waals surface area contributed by atoms with Gasteiger partial charge in [0.25, 0.3) is 0 Å². The Morgan fingerprint density at radius 3 is 2.38 bits per heavy atom. The first-order chi connectivity index (χ1) is 7.21. The van der Waals surface area contributed by atoms with Gasteiger partial charge in [-0.1, -0.05) is 23.2 Å². The summed E-state index contributed by atoms with van der Waals surface area (Å²) in [6.45, 7) is 5.29. The maximum absolute atomic E-state index is 11.7. The van der Waals surface area contributed by atoms with E-state index in [9.17, 15) is 10.3 Å². The lowest BCUT2D eigenvalue weighted by Gasteiger charge is -2.18. The summed E-state index contributed by atoms with van der Waals surface area (Å²) >= 11 is 11.5. The van der Waals surface area contributed by atoms with Crippen LogP contribution in [0, 0.1) is 5.21 Å². The molecule has 0 unspecified atom stereocenters. The van der Waals surface area contributed by atoms with Crippen LogP contribution in [0.4, 0.5) is 0 Å². The normalized spacial score (nSPS) is 12.9.